The molecule has 1 saturated heterocycles. The van der Waals surface area contributed by atoms with E-state index in [-0.39, 0.29) is 37.3 Å². The van der Waals surface area contributed by atoms with Crippen molar-refractivity contribution in [3.63, 3.8) is 0 Å². The molecule has 0 radical (unpaired) electrons. The minimum atomic E-state index is -0.805. The van der Waals surface area contributed by atoms with Gasteiger partial charge in [-0.1, -0.05) is 48.5 Å². The van der Waals surface area contributed by atoms with Crippen LogP contribution in [0.4, 0.5) is 4.79 Å². The molecule has 2 saturated carbocycles. The van der Waals surface area contributed by atoms with Crippen LogP contribution in [0.15, 0.2) is 48.5 Å². The predicted octanol–water partition coefficient (Wildman–Crippen LogP) is 3.38. The maximum Gasteiger partial charge on any atom is 0.407 e. The first-order valence-corrected chi connectivity index (χ1v) is 11.6. The quantitative estimate of drug-likeness (QED) is 0.709. The number of carboxylic acid groups (broad SMARTS) is 1. The van der Waals surface area contributed by atoms with Gasteiger partial charge < -0.3 is 20.1 Å². The molecule has 0 bridgehead atoms. The summed E-state index contributed by atoms with van der Waals surface area (Å²) in [7, 11) is 0. The molecule has 6 rings (SSSR count). The number of fused-ring (bicyclic) bond motifs is 4. The van der Waals surface area contributed by atoms with Crippen molar-refractivity contribution in [2.75, 3.05) is 19.7 Å². The minimum absolute atomic E-state index is 0.0107. The zero-order chi connectivity index (χ0) is 22.8. The summed E-state index contributed by atoms with van der Waals surface area (Å²) in [6.07, 6.45) is 1.80. The van der Waals surface area contributed by atoms with Gasteiger partial charge in [0, 0.05) is 19.0 Å². The summed E-state index contributed by atoms with van der Waals surface area (Å²) >= 11 is 0. The Bertz CT molecular complexity index is 1130. The fourth-order valence-corrected chi connectivity index (χ4v) is 5.75. The number of rotatable bonds is 6. The predicted molar refractivity (Wildman–Crippen MR) is 120 cm³/mol. The van der Waals surface area contributed by atoms with Gasteiger partial charge in [0.2, 0.25) is 5.91 Å². The van der Waals surface area contributed by atoms with Gasteiger partial charge in [-0.25, -0.2) is 4.79 Å². The molecule has 3 fully saturated rings. The topological polar surface area (TPSA) is 95.9 Å². The Balaban J connectivity index is 1.06. The molecule has 1 heterocycles. The monoisotopic (exact) mass is 446 g/mol. The number of amides is 2. The number of benzene rings is 2. The van der Waals surface area contributed by atoms with Crippen LogP contribution in [-0.4, -0.2) is 53.2 Å². The van der Waals surface area contributed by atoms with Gasteiger partial charge in [-0.05, 0) is 47.4 Å². The third-order valence-corrected chi connectivity index (χ3v) is 7.98. The van der Waals surface area contributed by atoms with Gasteiger partial charge in [-0.3, -0.25) is 9.59 Å². The lowest BCUT2D eigenvalue weighted by Gasteiger charge is -2.24. The van der Waals surface area contributed by atoms with Crippen molar-refractivity contribution >= 4 is 18.0 Å². The van der Waals surface area contributed by atoms with Gasteiger partial charge in [0.15, 0.2) is 0 Å². The second-order valence-electron chi connectivity index (χ2n) is 10.0. The maximum atomic E-state index is 12.8. The Hall–Kier alpha value is -3.35. The molecule has 2 amide bonds. The fourth-order valence-electron chi connectivity index (χ4n) is 5.75. The van der Waals surface area contributed by atoms with E-state index in [0.29, 0.717) is 13.0 Å². The molecule has 2 atom stereocenters. The van der Waals surface area contributed by atoms with Crippen LogP contribution in [-0.2, 0) is 14.3 Å². The van der Waals surface area contributed by atoms with Crippen LogP contribution in [0.1, 0.15) is 42.7 Å². The highest BCUT2D eigenvalue weighted by Gasteiger charge is 2.66. The van der Waals surface area contributed by atoms with E-state index >= 15 is 0 Å². The normalized spacial score (nSPS) is 25.6. The Labute approximate surface area is 191 Å². The summed E-state index contributed by atoms with van der Waals surface area (Å²) in [5.41, 5.74) is 3.36. The molecule has 33 heavy (non-hydrogen) atoms. The van der Waals surface area contributed by atoms with E-state index in [1.54, 1.807) is 4.90 Å². The summed E-state index contributed by atoms with van der Waals surface area (Å²) in [6, 6.07) is 16.4. The van der Waals surface area contributed by atoms with Crippen molar-refractivity contribution in [3.05, 3.63) is 59.7 Å². The van der Waals surface area contributed by atoms with Gasteiger partial charge in [-0.15, -0.1) is 0 Å². The number of nitrogens with one attached hydrogen (secondary N) is 1. The van der Waals surface area contributed by atoms with E-state index in [2.05, 4.69) is 29.6 Å². The molecule has 2 aromatic carbocycles. The third-order valence-electron chi connectivity index (χ3n) is 7.98. The van der Waals surface area contributed by atoms with Crippen LogP contribution in [0, 0.1) is 11.3 Å². The van der Waals surface area contributed by atoms with E-state index < -0.39 is 23.0 Å². The summed E-state index contributed by atoms with van der Waals surface area (Å²) in [5.74, 6) is -0.826. The van der Waals surface area contributed by atoms with Gasteiger partial charge >= 0.3 is 12.1 Å². The number of hydrogen-bond acceptors (Lipinski definition) is 4. The molecule has 2 unspecified atom stereocenters. The molecule has 2 aromatic rings. The van der Waals surface area contributed by atoms with Crippen molar-refractivity contribution in [1.82, 2.24) is 10.2 Å². The molecule has 0 aromatic heterocycles. The molecule has 4 aliphatic rings. The van der Waals surface area contributed by atoms with Crippen molar-refractivity contribution in [3.8, 4) is 11.1 Å². The Kier molecular flexibility index (Phi) is 4.34. The van der Waals surface area contributed by atoms with E-state index in [4.69, 9.17) is 4.74 Å². The zero-order valence-corrected chi connectivity index (χ0v) is 18.3. The van der Waals surface area contributed by atoms with Crippen LogP contribution >= 0.6 is 0 Å². The number of aliphatic carboxylic acids is 1. The van der Waals surface area contributed by atoms with Crippen molar-refractivity contribution in [1.29, 1.82) is 0 Å². The first kappa shape index (κ1) is 20.3. The summed E-state index contributed by atoms with van der Waals surface area (Å²) in [6.45, 7) is 1.03. The molecule has 7 heteroatoms. The number of hydrogen-bond donors (Lipinski definition) is 2. The van der Waals surface area contributed by atoms with Crippen LogP contribution in [0.2, 0.25) is 0 Å². The second kappa shape index (κ2) is 7.07. The lowest BCUT2D eigenvalue weighted by atomic mass is 9.98. The largest absolute Gasteiger partial charge is 0.481 e. The van der Waals surface area contributed by atoms with E-state index in [0.717, 1.165) is 24.0 Å². The second-order valence-corrected chi connectivity index (χ2v) is 10.0. The lowest BCUT2D eigenvalue weighted by Crippen LogP contribution is -2.43. The fraction of sp³-hybridized carbons (Fsp3) is 0.423. The van der Waals surface area contributed by atoms with Crippen LogP contribution in [0.3, 0.4) is 0 Å². The lowest BCUT2D eigenvalue weighted by molar-refractivity contribution is -0.144. The summed E-state index contributed by atoms with van der Waals surface area (Å²) in [4.78, 5) is 38.6. The number of carbonyl (C=O) groups is 3. The number of piperidine rings is 1. The van der Waals surface area contributed by atoms with Gasteiger partial charge in [-0.2, -0.15) is 0 Å². The maximum absolute atomic E-state index is 12.8. The molecular weight excluding hydrogens is 420 g/mol. The zero-order valence-electron chi connectivity index (χ0n) is 18.3. The van der Waals surface area contributed by atoms with E-state index in [1.165, 1.54) is 11.1 Å². The van der Waals surface area contributed by atoms with Crippen LogP contribution in [0.5, 0.6) is 0 Å². The first-order chi connectivity index (χ1) is 15.9. The molecule has 3 aliphatic carbocycles. The van der Waals surface area contributed by atoms with Crippen molar-refractivity contribution < 1.29 is 24.2 Å². The van der Waals surface area contributed by atoms with Gasteiger partial charge in [0.1, 0.15) is 6.61 Å². The summed E-state index contributed by atoms with van der Waals surface area (Å²) in [5, 5.41) is 12.4. The smallest absolute Gasteiger partial charge is 0.407 e. The minimum Gasteiger partial charge on any atom is -0.481 e. The SMILES string of the molecule is O=C(NC1(CC(=O)N2CC3CC3(C(=O)O)C2)CC1)OCC1c2ccccc2-c2ccccc21. The number of carboxylic acids is 1. The molecule has 0 spiro atoms. The number of carbonyl (C=O) groups excluding carboxylic acids is 2. The highest BCUT2D eigenvalue weighted by Crippen LogP contribution is 2.58. The average Bonchev–Trinajstić information content (AvgIpc) is 3.65. The van der Waals surface area contributed by atoms with Crippen LogP contribution < -0.4 is 5.32 Å². The highest BCUT2D eigenvalue weighted by molar-refractivity contribution is 5.85. The van der Waals surface area contributed by atoms with Crippen molar-refractivity contribution in [2.24, 2.45) is 11.3 Å². The molecule has 170 valence electrons. The molecular formula is C26H26N2O5. The Morgan fingerprint density at radius 1 is 1.03 bits per heavy atom. The number of ether oxygens (including phenoxy) is 1. The molecule has 1 aliphatic heterocycles. The number of nitrogens with zero attached hydrogens (tertiary/aromatic N) is 1. The van der Waals surface area contributed by atoms with Crippen molar-refractivity contribution in [2.45, 2.75) is 37.1 Å². The van der Waals surface area contributed by atoms with Crippen LogP contribution in [0.25, 0.3) is 11.1 Å². The van der Waals surface area contributed by atoms with E-state index in [1.807, 2.05) is 24.3 Å². The Morgan fingerprint density at radius 3 is 2.24 bits per heavy atom. The average molecular weight is 447 g/mol. The number of alkyl carbamates (subject to hydrolysis) is 1. The standard InChI is InChI=1S/C26H26N2O5/c29-22(28-13-16-11-26(16,15-28)23(30)31)12-25(9-10-25)27-24(32)33-14-21-19-7-3-1-5-17(19)18-6-2-4-8-20(18)21/h1-8,16,21H,9-15H2,(H,27,32)(H,30,31). The summed E-state index contributed by atoms with van der Waals surface area (Å²) < 4.78 is 5.64. The third kappa shape index (κ3) is 3.29. The molecule has 7 nitrogen and oxygen atoms in total. The van der Waals surface area contributed by atoms with E-state index in [9.17, 15) is 19.5 Å². The number of likely N-dealkylation sites (tertiary alicyclic amines) is 1. The van der Waals surface area contributed by atoms with Gasteiger partial charge in [0.05, 0.1) is 17.4 Å². The van der Waals surface area contributed by atoms with Gasteiger partial charge in [0.25, 0.3) is 0 Å². The molecule has 2 N–H and O–H groups in total. The highest BCUT2D eigenvalue weighted by atomic mass is 16.5. The Morgan fingerprint density at radius 2 is 1.67 bits per heavy atom. The first-order valence-electron chi connectivity index (χ1n) is 11.6.